The Kier molecular flexibility index (Phi) is 5.06. The van der Waals surface area contributed by atoms with Crippen molar-refractivity contribution in [3.63, 3.8) is 0 Å². The van der Waals surface area contributed by atoms with Gasteiger partial charge in [0.1, 0.15) is 5.82 Å². The van der Waals surface area contributed by atoms with Crippen LogP contribution in [-0.4, -0.2) is 26.0 Å². The van der Waals surface area contributed by atoms with Crippen molar-refractivity contribution in [1.29, 1.82) is 0 Å². The largest absolute Gasteiger partial charge is 0.493 e. The number of nitrogens with one attached hydrogen (secondary N) is 2. The highest BCUT2D eigenvalue weighted by atomic mass is 19.1. The summed E-state index contributed by atoms with van der Waals surface area (Å²) in [6, 6.07) is 10.9. The van der Waals surface area contributed by atoms with Gasteiger partial charge in [0.2, 0.25) is 11.8 Å². The first-order valence-electron chi connectivity index (χ1n) is 8.11. The first-order valence-corrected chi connectivity index (χ1v) is 8.11. The van der Waals surface area contributed by atoms with Crippen molar-refractivity contribution in [1.82, 2.24) is 0 Å². The fourth-order valence-electron chi connectivity index (χ4n) is 2.71. The van der Waals surface area contributed by atoms with Crippen LogP contribution in [0.4, 0.5) is 15.8 Å². The lowest BCUT2D eigenvalue weighted by Crippen LogP contribution is -2.21. The van der Waals surface area contributed by atoms with Crippen molar-refractivity contribution < 1.29 is 23.5 Å². The van der Waals surface area contributed by atoms with Crippen molar-refractivity contribution >= 4 is 23.2 Å². The van der Waals surface area contributed by atoms with E-state index in [1.165, 1.54) is 26.4 Å². The number of hydrogen-bond donors (Lipinski definition) is 2. The molecule has 2 N–H and O–H groups in total. The predicted octanol–water partition coefficient (Wildman–Crippen LogP) is 3.06. The van der Waals surface area contributed by atoms with Crippen LogP contribution in [0.3, 0.4) is 0 Å². The summed E-state index contributed by atoms with van der Waals surface area (Å²) >= 11 is 0. The SMILES string of the molecule is COc1ccc(NC(=O)C2CC2C(=O)Nc2ccccc2F)cc1OC. The number of carbonyl (C=O) groups excluding carboxylic acids is 2. The summed E-state index contributed by atoms with van der Waals surface area (Å²) in [5.74, 6) is -0.972. The molecule has 1 saturated carbocycles. The molecule has 0 bridgehead atoms. The lowest BCUT2D eigenvalue weighted by molar-refractivity contribution is -0.122. The van der Waals surface area contributed by atoms with Gasteiger partial charge in [0.15, 0.2) is 11.5 Å². The zero-order valence-corrected chi connectivity index (χ0v) is 14.4. The zero-order chi connectivity index (χ0) is 18.7. The van der Waals surface area contributed by atoms with Gasteiger partial charge in [0.25, 0.3) is 0 Å². The van der Waals surface area contributed by atoms with E-state index in [1.54, 1.807) is 30.3 Å². The molecule has 0 heterocycles. The molecule has 0 radical (unpaired) electrons. The van der Waals surface area contributed by atoms with Gasteiger partial charge in [-0.1, -0.05) is 12.1 Å². The van der Waals surface area contributed by atoms with E-state index in [0.717, 1.165) is 0 Å². The lowest BCUT2D eigenvalue weighted by atomic mass is 10.2. The molecular weight excluding hydrogens is 339 g/mol. The van der Waals surface area contributed by atoms with Gasteiger partial charge in [-0.05, 0) is 30.7 Å². The molecule has 2 aromatic rings. The maximum Gasteiger partial charge on any atom is 0.228 e. The number of hydrogen-bond acceptors (Lipinski definition) is 4. The molecule has 0 saturated heterocycles. The van der Waals surface area contributed by atoms with Gasteiger partial charge in [0, 0.05) is 11.8 Å². The van der Waals surface area contributed by atoms with Crippen LogP contribution in [0, 0.1) is 17.7 Å². The van der Waals surface area contributed by atoms with E-state index in [2.05, 4.69) is 10.6 Å². The standard InChI is InChI=1S/C19H19FN2O4/c1-25-16-8-7-11(9-17(16)26-2)21-18(23)12-10-13(12)19(24)22-15-6-4-3-5-14(15)20/h3-9,12-13H,10H2,1-2H3,(H,21,23)(H,22,24). The van der Waals surface area contributed by atoms with Crippen LogP contribution in [0.2, 0.25) is 0 Å². The number of rotatable bonds is 6. The quantitative estimate of drug-likeness (QED) is 0.832. The summed E-state index contributed by atoms with van der Waals surface area (Å²) < 4.78 is 23.9. The van der Waals surface area contributed by atoms with Crippen molar-refractivity contribution in [3.05, 3.63) is 48.3 Å². The molecule has 2 aromatic carbocycles. The molecule has 6 nitrogen and oxygen atoms in total. The van der Waals surface area contributed by atoms with Crippen LogP contribution >= 0.6 is 0 Å². The number of para-hydroxylation sites is 1. The molecule has 26 heavy (non-hydrogen) atoms. The fourth-order valence-corrected chi connectivity index (χ4v) is 2.71. The Morgan fingerprint density at radius 2 is 1.62 bits per heavy atom. The second kappa shape index (κ2) is 7.43. The Morgan fingerprint density at radius 3 is 2.27 bits per heavy atom. The highest BCUT2D eigenvalue weighted by molar-refractivity contribution is 6.03. The monoisotopic (exact) mass is 358 g/mol. The Balaban J connectivity index is 1.59. The number of anilines is 2. The van der Waals surface area contributed by atoms with E-state index in [1.807, 2.05) is 0 Å². The van der Waals surface area contributed by atoms with E-state index >= 15 is 0 Å². The maximum absolute atomic E-state index is 13.6. The number of carbonyl (C=O) groups is 2. The predicted molar refractivity (Wildman–Crippen MR) is 94.8 cm³/mol. The summed E-state index contributed by atoms with van der Waals surface area (Å²) in [7, 11) is 3.03. The molecule has 1 aliphatic rings. The molecule has 2 amide bonds. The van der Waals surface area contributed by atoms with Gasteiger partial charge >= 0.3 is 0 Å². The van der Waals surface area contributed by atoms with Gasteiger partial charge < -0.3 is 20.1 Å². The highest BCUT2D eigenvalue weighted by Crippen LogP contribution is 2.40. The van der Waals surface area contributed by atoms with Gasteiger partial charge in [-0.25, -0.2) is 4.39 Å². The molecule has 0 aromatic heterocycles. The van der Waals surface area contributed by atoms with E-state index < -0.39 is 17.7 Å². The Morgan fingerprint density at radius 1 is 0.962 bits per heavy atom. The molecule has 2 unspecified atom stereocenters. The molecule has 7 heteroatoms. The van der Waals surface area contributed by atoms with Crippen LogP contribution < -0.4 is 20.1 Å². The summed E-state index contributed by atoms with van der Waals surface area (Å²) in [6.45, 7) is 0. The molecule has 1 fully saturated rings. The van der Waals surface area contributed by atoms with Crippen molar-refractivity contribution in [2.45, 2.75) is 6.42 Å². The minimum atomic E-state index is -0.507. The Labute approximate surface area is 150 Å². The number of benzene rings is 2. The smallest absolute Gasteiger partial charge is 0.228 e. The first kappa shape index (κ1) is 17.7. The second-order valence-electron chi connectivity index (χ2n) is 5.98. The topological polar surface area (TPSA) is 76.7 Å². The average Bonchev–Trinajstić information content (AvgIpc) is 3.44. The Hall–Kier alpha value is -3.09. The van der Waals surface area contributed by atoms with Crippen molar-refractivity contribution in [2.24, 2.45) is 11.8 Å². The van der Waals surface area contributed by atoms with Gasteiger partial charge in [-0.15, -0.1) is 0 Å². The molecule has 0 aliphatic heterocycles. The zero-order valence-electron chi connectivity index (χ0n) is 14.4. The third kappa shape index (κ3) is 3.77. The molecule has 1 aliphatic carbocycles. The Bertz CT molecular complexity index is 840. The summed E-state index contributed by atoms with van der Waals surface area (Å²) in [5.41, 5.74) is 0.663. The second-order valence-corrected chi connectivity index (χ2v) is 5.98. The molecule has 3 rings (SSSR count). The summed E-state index contributed by atoms with van der Waals surface area (Å²) in [6.07, 6.45) is 0.430. The highest BCUT2D eigenvalue weighted by Gasteiger charge is 2.48. The van der Waals surface area contributed by atoms with Crippen LogP contribution in [0.1, 0.15) is 6.42 Å². The third-order valence-corrected chi connectivity index (χ3v) is 4.25. The van der Waals surface area contributed by atoms with Gasteiger partial charge in [-0.3, -0.25) is 9.59 Å². The summed E-state index contributed by atoms with van der Waals surface area (Å²) in [4.78, 5) is 24.5. The van der Waals surface area contributed by atoms with E-state index in [4.69, 9.17) is 9.47 Å². The van der Waals surface area contributed by atoms with E-state index in [0.29, 0.717) is 23.6 Å². The molecule has 136 valence electrons. The van der Waals surface area contributed by atoms with E-state index in [-0.39, 0.29) is 17.5 Å². The number of ether oxygens (including phenoxy) is 2. The van der Waals surface area contributed by atoms with Crippen LogP contribution in [0.15, 0.2) is 42.5 Å². The van der Waals surface area contributed by atoms with Crippen LogP contribution in [-0.2, 0) is 9.59 Å². The first-order chi connectivity index (χ1) is 12.5. The van der Waals surface area contributed by atoms with Crippen molar-refractivity contribution in [3.8, 4) is 11.5 Å². The number of methoxy groups -OCH3 is 2. The van der Waals surface area contributed by atoms with Gasteiger partial charge in [-0.2, -0.15) is 0 Å². The van der Waals surface area contributed by atoms with Gasteiger partial charge in [0.05, 0.1) is 31.7 Å². The maximum atomic E-state index is 13.6. The van der Waals surface area contributed by atoms with Crippen molar-refractivity contribution in [2.75, 3.05) is 24.9 Å². The van der Waals surface area contributed by atoms with Crippen LogP contribution in [0.5, 0.6) is 11.5 Å². The minimum absolute atomic E-state index is 0.114. The lowest BCUT2D eigenvalue weighted by Gasteiger charge is -2.10. The number of amides is 2. The third-order valence-electron chi connectivity index (χ3n) is 4.25. The molecule has 0 spiro atoms. The normalized spacial score (nSPS) is 18.0. The summed E-state index contributed by atoms with van der Waals surface area (Å²) in [5, 5.41) is 5.29. The fraction of sp³-hybridized carbons (Fsp3) is 0.263. The molecule has 2 atom stereocenters. The average molecular weight is 358 g/mol. The van der Waals surface area contributed by atoms with Crippen LogP contribution in [0.25, 0.3) is 0 Å². The molecular formula is C19H19FN2O4. The van der Waals surface area contributed by atoms with E-state index in [9.17, 15) is 14.0 Å². The number of halogens is 1. The minimum Gasteiger partial charge on any atom is -0.493 e.